The highest BCUT2D eigenvalue weighted by atomic mass is 16.2. The molecule has 2 unspecified atom stereocenters. The highest BCUT2D eigenvalue weighted by Gasteiger charge is 2.45. The Kier molecular flexibility index (Phi) is 4.76. The largest absolute Gasteiger partial charge is 0.367 e. The minimum Gasteiger partial charge on any atom is -0.367 e. The molecular weight excluding hydrogens is 436 g/mol. The Morgan fingerprint density at radius 3 is 2.68 bits per heavy atom. The van der Waals surface area contributed by atoms with Gasteiger partial charge in [0.25, 0.3) is 5.91 Å². The third kappa shape index (κ3) is 3.75. The summed E-state index contributed by atoms with van der Waals surface area (Å²) in [5.41, 5.74) is 1.67. The zero-order valence-electron chi connectivity index (χ0n) is 18.5. The monoisotopic (exact) mass is 460 g/mol. The van der Waals surface area contributed by atoms with Gasteiger partial charge in [-0.2, -0.15) is 14.9 Å². The van der Waals surface area contributed by atoms with Gasteiger partial charge in [-0.25, -0.2) is 4.98 Å². The molecule has 2 aliphatic heterocycles. The first-order chi connectivity index (χ1) is 16.5. The number of piperazine rings is 1. The molecule has 11 heteroatoms. The maximum Gasteiger partial charge on any atom is 0.254 e. The van der Waals surface area contributed by atoms with E-state index in [9.17, 15) is 14.4 Å². The minimum absolute atomic E-state index is 0.0483. The number of amides is 3. The number of hydrogen-bond acceptors (Lipinski definition) is 8. The first-order valence-electron chi connectivity index (χ1n) is 11.6. The average molecular weight is 460 g/mol. The molecule has 2 N–H and O–H groups in total. The standard InChI is InChI=1S/C23H24N8O3/c24-11-14-8-17(14)23(34)30-5-3-29(4-6-30)18-10-19(26-16-1-2-16)31-21(27-18)15(12-25-31)7-13-9-20(32)28-22(13)33/h7,10,12,14,16-17,26H,1-6,8-9H2,(H,28,32,33)/b13-7+. The van der Waals surface area contributed by atoms with Crippen LogP contribution in [0.1, 0.15) is 31.2 Å². The zero-order valence-corrected chi connectivity index (χ0v) is 18.5. The summed E-state index contributed by atoms with van der Waals surface area (Å²) in [4.78, 5) is 45.1. The molecule has 174 valence electrons. The van der Waals surface area contributed by atoms with Gasteiger partial charge in [0.15, 0.2) is 5.65 Å². The summed E-state index contributed by atoms with van der Waals surface area (Å²) < 4.78 is 1.73. The van der Waals surface area contributed by atoms with Crippen LogP contribution in [0.3, 0.4) is 0 Å². The molecular formula is C23H24N8O3. The molecule has 11 nitrogen and oxygen atoms in total. The number of carbonyl (C=O) groups excluding carboxylic acids is 3. The molecule has 0 bridgehead atoms. The van der Waals surface area contributed by atoms with Crippen LogP contribution in [0, 0.1) is 23.2 Å². The summed E-state index contributed by atoms with van der Waals surface area (Å²) in [6.07, 6.45) is 6.26. The fourth-order valence-electron chi connectivity index (χ4n) is 4.58. The van der Waals surface area contributed by atoms with Crippen molar-refractivity contribution in [1.82, 2.24) is 24.8 Å². The summed E-state index contributed by atoms with van der Waals surface area (Å²) >= 11 is 0. The predicted molar refractivity (Wildman–Crippen MR) is 121 cm³/mol. The SMILES string of the molecule is N#CC1CC1C(=O)N1CCN(c2cc(NC3CC3)n3ncc(/C=C4\CC(=O)NC4=O)c3n2)CC1. The molecule has 2 aliphatic carbocycles. The van der Waals surface area contributed by atoms with Crippen molar-refractivity contribution in [3.63, 3.8) is 0 Å². The van der Waals surface area contributed by atoms with Gasteiger partial charge < -0.3 is 15.1 Å². The lowest BCUT2D eigenvalue weighted by molar-refractivity contribution is -0.133. The third-order valence-corrected chi connectivity index (χ3v) is 6.83. The van der Waals surface area contributed by atoms with Crippen molar-refractivity contribution in [2.45, 2.75) is 31.7 Å². The Balaban J connectivity index is 1.27. The van der Waals surface area contributed by atoms with Crippen LogP contribution < -0.4 is 15.5 Å². The van der Waals surface area contributed by atoms with Crippen molar-refractivity contribution < 1.29 is 14.4 Å². The number of nitrogens with zero attached hydrogens (tertiary/aromatic N) is 6. The molecule has 2 aromatic heterocycles. The van der Waals surface area contributed by atoms with E-state index in [1.165, 1.54) is 0 Å². The summed E-state index contributed by atoms with van der Waals surface area (Å²) in [7, 11) is 0. The Labute approximate surface area is 195 Å². The average Bonchev–Trinajstić information content (AvgIpc) is 3.75. The van der Waals surface area contributed by atoms with Crippen molar-refractivity contribution in [2.24, 2.45) is 11.8 Å². The van der Waals surface area contributed by atoms with Crippen LogP contribution in [0.15, 0.2) is 17.8 Å². The number of imide groups is 1. The van der Waals surface area contributed by atoms with Crippen LogP contribution >= 0.6 is 0 Å². The molecule has 0 aromatic carbocycles. The number of fused-ring (bicyclic) bond motifs is 1. The Bertz CT molecular complexity index is 1280. The first kappa shape index (κ1) is 20.7. The van der Waals surface area contributed by atoms with Gasteiger partial charge in [-0.1, -0.05) is 0 Å². The van der Waals surface area contributed by atoms with Gasteiger partial charge >= 0.3 is 0 Å². The van der Waals surface area contributed by atoms with Crippen molar-refractivity contribution in [1.29, 1.82) is 5.26 Å². The maximum absolute atomic E-state index is 12.6. The minimum atomic E-state index is -0.382. The fraction of sp³-hybridized carbons (Fsp3) is 0.478. The van der Waals surface area contributed by atoms with Crippen LogP contribution in [0.4, 0.5) is 11.6 Å². The zero-order chi connectivity index (χ0) is 23.4. The van der Waals surface area contributed by atoms with Crippen molar-refractivity contribution in [2.75, 3.05) is 36.4 Å². The quantitative estimate of drug-likeness (QED) is 0.488. The van der Waals surface area contributed by atoms with E-state index in [1.807, 2.05) is 11.0 Å². The van der Waals surface area contributed by atoms with Crippen LogP contribution in [0.25, 0.3) is 11.7 Å². The molecule has 4 aliphatic rings. The lowest BCUT2D eigenvalue weighted by Crippen LogP contribution is -2.49. The topological polar surface area (TPSA) is 136 Å². The molecule has 3 amide bonds. The van der Waals surface area contributed by atoms with Gasteiger partial charge in [0.05, 0.1) is 30.5 Å². The molecule has 4 heterocycles. The molecule has 4 fully saturated rings. The summed E-state index contributed by atoms with van der Waals surface area (Å²) in [6, 6.07) is 4.57. The third-order valence-electron chi connectivity index (χ3n) is 6.83. The number of anilines is 2. The highest BCUT2D eigenvalue weighted by Crippen LogP contribution is 2.39. The fourth-order valence-corrected chi connectivity index (χ4v) is 4.58. The number of nitrogens with one attached hydrogen (secondary N) is 2. The van der Waals surface area contributed by atoms with Gasteiger partial charge in [0.2, 0.25) is 11.8 Å². The van der Waals surface area contributed by atoms with E-state index in [1.54, 1.807) is 16.8 Å². The predicted octanol–water partition coefficient (Wildman–Crippen LogP) is 0.542. The lowest BCUT2D eigenvalue weighted by atomic mass is 10.1. The van der Waals surface area contributed by atoms with Crippen LogP contribution in [0.5, 0.6) is 0 Å². The van der Waals surface area contributed by atoms with Crippen molar-refractivity contribution >= 4 is 41.1 Å². The van der Waals surface area contributed by atoms with Gasteiger partial charge in [0, 0.05) is 49.4 Å². The molecule has 6 rings (SSSR count). The number of nitriles is 1. The normalized spacial score (nSPS) is 25.6. The van der Waals surface area contributed by atoms with E-state index in [-0.39, 0.29) is 36.0 Å². The number of rotatable bonds is 5. The van der Waals surface area contributed by atoms with E-state index in [2.05, 4.69) is 26.7 Å². The van der Waals surface area contributed by atoms with Gasteiger partial charge in [-0.05, 0) is 25.3 Å². The number of aromatic nitrogens is 3. The summed E-state index contributed by atoms with van der Waals surface area (Å²) in [5, 5.41) is 19.3. The van der Waals surface area contributed by atoms with Crippen LogP contribution in [0.2, 0.25) is 0 Å². The van der Waals surface area contributed by atoms with E-state index in [0.29, 0.717) is 55.4 Å². The molecule has 2 atom stereocenters. The molecule has 0 spiro atoms. The summed E-state index contributed by atoms with van der Waals surface area (Å²) in [6.45, 7) is 2.46. The Hall–Kier alpha value is -3.94. The van der Waals surface area contributed by atoms with Gasteiger partial charge in [-0.15, -0.1) is 0 Å². The van der Waals surface area contributed by atoms with E-state index < -0.39 is 0 Å². The van der Waals surface area contributed by atoms with Crippen molar-refractivity contribution in [3.05, 3.63) is 23.4 Å². The lowest BCUT2D eigenvalue weighted by Gasteiger charge is -2.35. The molecule has 34 heavy (non-hydrogen) atoms. The molecule has 2 saturated carbocycles. The second-order valence-corrected chi connectivity index (χ2v) is 9.37. The Morgan fingerprint density at radius 1 is 1.24 bits per heavy atom. The molecule has 2 saturated heterocycles. The van der Waals surface area contributed by atoms with Gasteiger partial charge in [-0.3, -0.25) is 19.7 Å². The summed E-state index contributed by atoms with van der Waals surface area (Å²) in [5.74, 6) is 0.729. The Morgan fingerprint density at radius 2 is 2.03 bits per heavy atom. The number of carbonyl (C=O) groups is 3. The maximum atomic E-state index is 12.6. The van der Waals surface area contributed by atoms with Gasteiger partial charge in [0.1, 0.15) is 11.6 Å². The number of hydrogen-bond donors (Lipinski definition) is 2. The van der Waals surface area contributed by atoms with Crippen LogP contribution in [-0.2, 0) is 14.4 Å². The van der Waals surface area contributed by atoms with E-state index in [4.69, 9.17) is 10.2 Å². The molecule has 2 aromatic rings. The second-order valence-electron chi connectivity index (χ2n) is 9.37. The van der Waals surface area contributed by atoms with Crippen LogP contribution in [-0.4, -0.2) is 69.4 Å². The van der Waals surface area contributed by atoms with Crippen molar-refractivity contribution in [3.8, 4) is 6.07 Å². The smallest absolute Gasteiger partial charge is 0.254 e. The first-order valence-corrected chi connectivity index (χ1v) is 11.6. The highest BCUT2D eigenvalue weighted by molar-refractivity contribution is 6.15. The van der Waals surface area contributed by atoms with E-state index >= 15 is 0 Å². The second kappa shape index (κ2) is 7.83. The van der Waals surface area contributed by atoms with E-state index in [0.717, 1.165) is 24.5 Å². The molecule has 0 radical (unpaired) electrons.